The van der Waals surface area contributed by atoms with E-state index in [1.54, 1.807) is 30.1 Å². The molecule has 0 radical (unpaired) electrons. The van der Waals surface area contributed by atoms with Crippen LogP contribution in [-0.2, 0) is 0 Å². The molecule has 0 fully saturated rings. The second-order valence-corrected chi connectivity index (χ2v) is 7.50. The maximum absolute atomic E-state index is 12.6. The molecule has 1 aromatic heterocycles. The highest BCUT2D eigenvalue weighted by Gasteiger charge is 2.19. The van der Waals surface area contributed by atoms with E-state index in [-0.39, 0.29) is 11.9 Å². The number of nitrogens with one attached hydrogen (secondary N) is 1. The molecule has 1 N–H and O–H groups in total. The van der Waals surface area contributed by atoms with Crippen molar-refractivity contribution in [2.45, 2.75) is 6.04 Å². The number of carbonyl (C=O) groups is 1. The fraction of sp³-hybridized carbons (Fsp3) is 0.238. The summed E-state index contributed by atoms with van der Waals surface area (Å²) < 4.78 is 8.12. The maximum atomic E-state index is 12.6. The molecule has 2 aromatic carbocycles. The molecular formula is C21H23BrN4O2. The lowest BCUT2D eigenvalue weighted by Crippen LogP contribution is -2.34. The number of ether oxygens (including phenoxy) is 1. The first kappa shape index (κ1) is 20.1. The molecule has 7 heteroatoms. The smallest absolute Gasteiger partial charge is 0.251 e. The van der Waals surface area contributed by atoms with Gasteiger partial charge in [-0.1, -0.05) is 18.2 Å². The van der Waals surface area contributed by atoms with Gasteiger partial charge in [-0.2, -0.15) is 5.10 Å². The zero-order valence-electron chi connectivity index (χ0n) is 16.1. The average Bonchev–Trinajstić information content (AvgIpc) is 3.14. The first-order chi connectivity index (χ1) is 13.5. The van der Waals surface area contributed by atoms with Gasteiger partial charge < -0.3 is 15.0 Å². The molecule has 0 aliphatic carbocycles. The summed E-state index contributed by atoms with van der Waals surface area (Å²) in [5.41, 5.74) is 2.53. The van der Waals surface area contributed by atoms with Crippen molar-refractivity contribution in [3.05, 3.63) is 76.5 Å². The van der Waals surface area contributed by atoms with Crippen LogP contribution in [0.25, 0.3) is 5.69 Å². The monoisotopic (exact) mass is 442 g/mol. The minimum absolute atomic E-state index is 0.000739. The van der Waals surface area contributed by atoms with Gasteiger partial charge in [0.1, 0.15) is 5.75 Å². The van der Waals surface area contributed by atoms with Gasteiger partial charge in [0.25, 0.3) is 5.91 Å². The molecule has 28 heavy (non-hydrogen) atoms. The van der Waals surface area contributed by atoms with Crippen LogP contribution >= 0.6 is 15.9 Å². The predicted molar refractivity (Wildman–Crippen MR) is 113 cm³/mol. The van der Waals surface area contributed by atoms with Crippen molar-refractivity contribution in [3.63, 3.8) is 0 Å². The number of para-hydroxylation sites is 1. The molecule has 0 aliphatic rings. The second kappa shape index (κ2) is 9.03. The minimum Gasteiger partial charge on any atom is -0.496 e. The normalized spacial score (nSPS) is 12.0. The highest BCUT2D eigenvalue weighted by Crippen LogP contribution is 2.27. The summed E-state index contributed by atoms with van der Waals surface area (Å²) in [4.78, 5) is 14.7. The third-order valence-electron chi connectivity index (χ3n) is 4.52. The van der Waals surface area contributed by atoms with Gasteiger partial charge in [0, 0.05) is 23.9 Å². The summed E-state index contributed by atoms with van der Waals surface area (Å²) in [5, 5.41) is 7.27. The first-order valence-electron chi connectivity index (χ1n) is 8.87. The number of hydrogen-bond acceptors (Lipinski definition) is 4. The van der Waals surface area contributed by atoms with E-state index in [1.165, 1.54) is 0 Å². The Kier molecular flexibility index (Phi) is 6.49. The zero-order valence-corrected chi connectivity index (χ0v) is 17.7. The molecule has 1 atom stereocenters. The number of methoxy groups -OCH3 is 1. The number of carbonyl (C=O) groups excluding carboxylic acids is 1. The van der Waals surface area contributed by atoms with Crippen molar-refractivity contribution in [1.29, 1.82) is 0 Å². The number of rotatable bonds is 7. The molecule has 6 nitrogen and oxygen atoms in total. The van der Waals surface area contributed by atoms with Gasteiger partial charge in [0.2, 0.25) is 0 Å². The Morgan fingerprint density at radius 3 is 2.54 bits per heavy atom. The van der Waals surface area contributed by atoms with E-state index in [4.69, 9.17) is 4.74 Å². The number of amides is 1. The van der Waals surface area contributed by atoms with Gasteiger partial charge >= 0.3 is 0 Å². The standard InChI is InChI=1S/C21H23BrN4O2/c1-25(2)19(18-6-4-5-7-20(18)28-3)13-23-21(27)15-8-10-17(11-9-15)26-14-16(22)12-24-26/h4-12,14,19H,13H2,1-3H3,(H,23,27). The average molecular weight is 443 g/mol. The quantitative estimate of drug-likeness (QED) is 0.606. The van der Waals surface area contributed by atoms with Crippen LogP contribution in [-0.4, -0.2) is 48.3 Å². The lowest BCUT2D eigenvalue weighted by Gasteiger charge is -2.26. The largest absolute Gasteiger partial charge is 0.496 e. The number of likely N-dealkylation sites (N-methyl/N-ethyl adjacent to an activating group) is 1. The van der Waals surface area contributed by atoms with Crippen LogP contribution in [0.4, 0.5) is 0 Å². The van der Waals surface area contributed by atoms with Crippen molar-refractivity contribution in [3.8, 4) is 11.4 Å². The molecule has 0 saturated heterocycles. The molecule has 1 amide bonds. The SMILES string of the molecule is COc1ccccc1C(CNC(=O)c1ccc(-n2cc(Br)cn2)cc1)N(C)C. The third kappa shape index (κ3) is 4.61. The van der Waals surface area contributed by atoms with Gasteiger partial charge in [-0.15, -0.1) is 0 Å². The van der Waals surface area contributed by atoms with Crippen molar-refractivity contribution in [1.82, 2.24) is 20.0 Å². The Hall–Kier alpha value is -2.64. The van der Waals surface area contributed by atoms with E-state index < -0.39 is 0 Å². The summed E-state index contributed by atoms with van der Waals surface area (Å²) in [7, 11) is 5.63. The Labute approximate surface area is 173 Å². The molecule has 1 unspecified atom stereocenters. The Balaban J connectivity index is 1.69. The highest BCUT2D eigenvalue weighted by molar-refractivity contribution is 9.10. The molecule has 0 aliphatic heterocycles. The summed E-state index contributed by atoms with van der Waals surface area (Å²) >= 11 is 3.38. The van der Waals surface area contributed by atoms with E-state index >= 15 is 0 Å². The van der Waals surface area contributed by atoms with Gasteiger partial charge in [0.05, 0.1) is 29.5 Å². The number of aromatic nitrogens is 2. The molecule has 3 aromatic rings. The van der Waals surface area contributed by atoms with E-state index in [2.05, 4.69) is 31.2 Å². The van der Waals surface area contributed by atoms with Crippen molar-refractivity contribution < 1.29 is 9.53 Å². The first-order valence-corrected chi connectivity index (χ1v) is 9.67. The Bertz CT molecular complexity index is 938. The van der Waals surface area contributed by atoms with Crippen molar-refractivity contribution >= 4 is 21.8 Å². The molecule has 146 valence electrons. The van der Waals surface area contributed by atoms with Crippen LogP contribution in [0.3, 0.4) is 0 Å². The molecule has 0 spiro atoms. The molecular weight excluding hydrogens is 420 g/mol. The van der Waals surface area contributed by atoms with Crippen LogP contribution in [0.1, 0.15) is 22.0 Å². The van der Waals surface area contributed by atoms with E-state index in [9.17, 15) is 4.79 Å². The number of benzene rings is 2. The number of halogens is 1. The molecule has 0 saturated carbocycles. The predicted octanol–water partition coefficient (Wildman–Crippen LogP) is 3.68. The topological polar surface area (TPSA) is 59.4 Å². The van der Waals surface area contributed by atoms with Crippen LogP contribution in [0.5, 0.6) is 5.75 Å². The zero-order chi connectivity index (χ0) is 20.1. The fourth-order valence-electron chi connectivity index (χ4n) is 3.01. The maximum Gasteiger partial charge on any atom is 0.251 e. The van der Waals surface area contributed by atoms with Crippen molar-refractivity contribution in [2.75, 3.05) is 27.7 Å². The van der Waals surface area contributed by atoms with Crippen LogP contribution in [0.15, 0.2) is 65.4 Å². The van der Waals surface area contributed by atoms with Gasteiger partial charge in [0.15, 0.2) is 0 Å². The van der Waals surface area contributed by atoms with Gasteiger partial charge in [-0.3, -0.25) is 4.79 Å². The molecule has 3 rings (SSSR count). The highest BCUT2D eigenvalue weighted by atomic mass is 79.9. The number of hydrogen-bond donors (Lipinski definition) is 1. The summed E-state index contributed by atoms with van der Waals surface area (Å²) in [6.45, 7) is 0.472. The van der Waals surface area contributed by atoms with Crippen LogP contribution in [0.2, 0.25) is 0 Å². The Morgan fingerprint density at radius 2 is 1.93 bits per heavy atom. The second-order valence-electron chi connectivity index (χ2n) is 6.58. The lowest BCUT2D eigenvalue weighted by atomic mass is 10.0. The van der Waals surface area contributed by atoms with E-state index in [0.29, 0.717) is 12.1 Å². The Morgan fingerprint density at radius 1 is 1.21 bits per heavy atom. The van der Waals surface area contributed by atoms with Gasteiger partial charge in [-0.05, 0) is 60.4 Å². The minimum atomic E-state index is -0.116. The van der Waals surface area contributed by atoms with E-state index in [1.807, 2.05) is 56.7 Å². The fourth-order valence-corrected chi connectivity index (χ4v) is 3.30. The molecule has 1 heterocycles. The van der Waals surface area contributed by atoms with Gasteiger partial charge in [-0.25, -0.2) is 4.68 Å². The number of nitrogens with zero attached hydrogens (tertiary/aromatic N) is 3. The summed E-state index contributed by atoms with van der Waals surface area (Å²) in [6, 6.07) is 15.2. The van der Waals surface area contributed by atoms with Crippen LogP contribution in [0, 0.1) is 0 Å². The third-order valence-corrected chi connectivity index (χ3v) is 4.93. The lowest BCUT2D eigenvalue weighted by molar-refractivity contribution is 0.0941. The summed E-state index contributed by atoms with van der Waals surface area (Å²) in [6.07, 6.45) is 3.59. The van der Waals surface area contributed by atoms with Crippen LogP contribution < -0.4 is 10.1 Å². The summed E-state index contributed by atoms with van der Waals surface area (Å²) in [5.74, 6) is 0.695. The van der Waals surface area contributed by atoms with E-state index in [0.717, 1.165) is 21.5 Å². The molecule has 0 bridgehead atoms. The van der Waals surface area contributed by atoms with Crippen molar-refractivity contribution in [2.24, 2.45) is 0 Å².